The third-order valence-corrected chi connectivity index (χ3v) is 2.30. The van der Waals surface area contributed by atoms with Gasteiger partial charge in [-0.15, -0.1) is 13.2 Å². The zero-order valence-corrected chi connectivity index (χ0v) is 10.3. The molecule has 90 valence electrons. The van der Waals surface area contributed by atoms with Crippen molar-refractivity contribution in [3.8, 4) is 0 Å². The Kier molecular flexibility index (Phi) is 5.30. The molecule has 1 rings (SSSR count). The number of hydrogen-bond donors (Lipinski definition) is 1. The molecule has 0 atom stereocenters. The van der Waals surface area contributed by atoms with Crippen molar-refractivity contribution in [1.29, 1.82) is 0 Å². The lowest BCUT2D eigenvalue weighted by Crippen LogP contribution is -2.35. The van der Waals surface area contributed by atoms with Crippen LogP contribution in [0.2, 0.25) is 5.02 Å². The predicted molar refractivity (Wildman–Crippen MR) is 72.4 cm³/mol. The van der Waals surface area contributed by atoms with Gasteiger partial charge in [-0.1, -0.05) is 29.8 Å². The number of amides is 2. The lowest BCUT2D eigenvalue weighted by molar-refractivity contribution is 0.222. The SMILES string of the molecule is C=CCN(CC=C)C(=O)Nc1cccc(Cl)c1. The van der Waals surface area contributed by atoms with E-state index >= 15 is 0 Å². The van der Waals surface area contributed by atoms with E-state index in [9.17, 15) is 4.79 Å². The van der Waals surface area contributed by atoms with Crippen LogP contribution in [0.15, 0.2) is 49.6 Å². The molecule has 1 aromatic rings. The maximum absolute atomic E-state index is 11.9. The highest BCUT2D eigenvalue weighted by molar-refractivity contribution is 6.30. The number of carbonyl (C=O) groups excluding carboxylic acids is 1. The smallest absolute Gasteiger partial charge is 0.317 e. The Morgan fingerprint density at radius 3 is 2.53 bits per heavy atom. The van der Waals surface area contributed by atoms with E-state index in [0.29, 0.717) is 23.8 Å². The van der Waals surface area contributed by atoms with Crippen LogP contribution in [-0.2, 0) is 0 Å². The van der Waals surface area contributed by atoms with Gasteiger partial charge in [0.1, 0.15) is 0 Å². The third kappa shape index (κ3) is 4.33. The van der Waals surface area contributed by atoms with Crippen LogP contribution in [0.25, 0.3) is 0 Å². The van der Waals surface area contributed by atoms with E-state index in [2.05, 4.69) is 18.5 Å². The van der Waals surface area contributed by atoms with E-state index in [1.807, 2.05) is 0 Å². The van der Waals surface area contributed by atoms with Gasteiger partial charge in [-0.2, -0.15) is 0 Å². The van der Waals surface area contributed by atoms with Crippen LogP contribution >= 0.6 is 11.6 Å². The normalized spacial score (nSPS) is 9.47. The highest BCUT2D eigenvalue weighted by Gasteiger charge is 2.10. The van der Waals surface area contributed by atoms with Gasteiger partial charge in [0.05, 0.1) is 0 Å². The number of nitrogens with one attached hydrogen (secondary N) is 1. The molecule has 0 fully saturated rings. The minimum absolute atomic E-state index is 0.202. The highest BCUT2D eigenvalue weighted by Crippen LogP contribution is 2.15. The van der Waals surface area contributed by atoms with Crippen molar-refractivity contribution < 1.29 is 4.79 Å². The van der Waals surface area contributed by atoms with Crippen molar-refractivity contribution in [3.63, 3.8) is 0 Å². The maximum atomic E-state index is 11.9. The molecule has 0 heterocycles. The van der Waals surface area contributed by atoms with Gasteiger partial charge in [-0.05, 0) is 18.2 Å². The van der Waals surface area contributed by atoms with Gasteiger partial charge in [-0.25, -0.2) is 4.79 Å². The molecule has 1 aromatic carbocycles. The number of halogens is 1. The molecule has 3 nitrogen and oxygen atoms in total. The fourth-order valence-electron chi connectivity index (χ4n) is 1.32. The van der Waals surface area contributed by atoms with E-state index in [0.717, 1.165) is 0 Å². The lowest BCUT2D eigenvalue weighted by Gasteiger charge is -2.19. The van der Waals surface area contributed by atoms with Gasteiger partial charge in [0.15, 0.2) is 0 Å². The first kappa shape index (κ1) is 13.3. The molecule has 0 saturated heterocycles. The summed E-state index contributed by atoms with van der Waals surface area (Å²) in [5.74, 6) is 0. The fourth-order valence-corrected chi connectivity index (χ4v) is 1.51. The molecule has 17 heavy (non-hydrogen) atoms. The quantitative estimate of drug-likeness (QED) is 0.797. The average molecular weight is 251 g/mol. The van der Waals surface area contributed by atoms with Crippen LogP contribution in [0.4, 0.5) is 10.5 Å². The van der Waals surface area contributed by atoms with Crippen molar-refractivity contribution >= 4 is 23.3 Å². The monoisotopic (exact) mass is 250 g/mol. The first-order valence-electron chi connectivity index (χ1n) is 5.20. The molecule has 0 unspecified atom stereocenters. The summed E-state index contributed by atoms with van der Waals surface area (Å²) < 4.78 is 0. The zero-order chi connectivity index (χ0) is 12.7. The van der Waals surface area contributed by atoms with Crippen LogP contribution in [-0.4, -0.2) is 24.0 Å². The standard InChI is InChI=1S/C13H15ClN2O/c1-3-8-16(9-4-2)13(17)15-12-7-5-6-11(14)10-12/h3-7,10H,1-2,8-9H2,(H,15,17). The number of urea groups is 1. The summed E-state index contributed by atoms with van der Waals surface area (Å²) in [5, 5.41) is 3.34. The summed E-state index contributed by atoms with van der Waals surface area (Å²) in [5.41, 5.74) is 0.667. The molecule has 0 aliphatic heterocycles. The van der Waals surface area contributed by atoms with Crippen molar-refractivity contribution in [2.45, 2.75) is 0 Å². The molecule has 0 radical (unpaired) electrons. The topological polar surface area (TPSA) is 32.3 Å². The average Bonchev–Trinajstić information content (AvgIpc) is 2.28. The molecule has 4 heteroatoms. The number of nitrogens with zero attached hydrogens (tertiary/aromatic N) is 1. The van der Waals surface area contributed by atoms with Crippen LogP contribution in [0.3, 0.4) is 0 Å². The summed E-state index contributed by atoms with van der Waals surface area (Å²) in [6.07, 6.45) is 3.34. The van der Waals surface area contributed by atoms with Gasteiger partial charge in [0.25, 0.3) is 0 Å². The second kappa shape index (κ2) is 6.76. The molecule has 0 bridgehead atoms. The Bertz CT molecular complexity index is 408. The summed E-state index contributed by atoms with van der Waals surface area (Å²) in [6, 6.07) is 6.81. The van der Waals surface area contributed by atoms with Crippen LogP contribution in [0, 0.1) is 0 Å². The van der Waals surface area contributed by atoms with E-state index < -0.39 is 0 Å². The molecular weight excluding hydrogens is 236 g/mol. The van der Waals surface area contributed by atoms with Crippen molar-refractivity contribution in [1.82, 2.24) is 4.90 Å². The maximum Gasteiger partial charge on any atom is 0.322 e. The number of hydrogen-bond acceptors (Lipinski definition) is 1. The number of benzene rings is 1. The molecule has 0 aliphatic carbocycles. The third-order valence-electron chi connectivity index (χ3n) is 2.06. The number of carbonyl (C=O) groups is 1. The Morgan fingerprint density at radius 2 is 2.00 bits per heavy atom. The van der Waals surface area contributed by atoms with E-state index in [1.165, 1.54) is 0 Å². The van der Waals surface area contributed by atoms with E-state index in [-0.39, 0.29) is 6.03 Å². The Balaban J connectivity index is 2.68. The Hall–Kier alpha value is -1.74. The Labute approximate surface area is 106 Å². The van der Waals surface area contributed by atoms with Gasteiger partial charge in [-0.3, -0.25) is 0 Å². The lowest BCUT2D eigenvalue weighted by atomic mass is 10.3. The fraction of sp³-hybridized carbons (Fsp3) is 0.154. The minimum atomic E-state index is -0.202. The predicted octanol–water partition coefficient (Wildman–Crippen LogP) is 3.55. The summed E-state index contributed by atoms with van der Waals surface area (Å²) in [4.78, 5) is 13.5. The zero-order valence-electron chi connectivity index (χ0n) is 9.53. The molecule has 1 N–H and O–H groups in total. The first-order chi connectivity index (χ1) is 8.17. The van der Waals surface area contributed by atoms with Gasteiger partial charge in [0, 0.05) is 23.8 Å². The molecule has 0 aliphatic rings. The number of anilines is 1. The molecular formula is C13H15ClN2O. The van der Waals surface area contributed by atoms with Gasteiger partial charge < -0.3 is 10.2 Å². The molecule has 0 spiro atoms. The minimum Gasteiger partial charge on any atom is -0.317 e. The van der Waals surface area contributed by atoms with Crippen molar-refractivity contribution in [2.24, 2.45) is 0 Å². The summed E-state index contributed by atoms with van der Waals surface area (Å²) in [7, 11) is 0. The largest absolute Gasteiger partial charge is 0.322 e. The summed E-state index contributed by atoms with van der Waals surface area (Å²) >= 11 is 5.83. The number of rotatable bonds is 5. The highest BCUT2D eigenvalue weighted by atomic mass is 35.5. The molecule has 2 amide bonds. The van der Waals surface area contributed by atoms with Crippen LogP contribution in [0.1, 0.15) is 0 Å². The molecule has 0 aromatic heterocycles. The van der Waals surface area contributed by atoms with Gasteiger partial charge in [0.2, 0.25) is 0 Å². The van der Waals surface area contributed by atoms with Crippen molar-refractivity contribution in [2.75, 3.05) is 18.4 Å². The van der Waals surface area contributed by atoms with Gasteiger partial charge >= 0.3 is 6.03 Å². The van der Waals surface area contributed by atoms with E-state index in [4.69, 9.17) is 11.6 Å². The van der Waals surface area contributed by atoms with E-state index in [1.54, 1.807) is 41.3 Å². The van der Waals surface area contributed by atoms with Crippen LogP contribution < -0.4 is 5.32 Å². The summed E-state index contributed by atoms with van der Waals surface area (Å²) in [6.45, 7) is 8.16. The second-order valence-electron chi connectivity index (χ2n) is 3.42. The molecule has 0 saturated carbocycles. The first-order valence-corrected chi connectivity index (χ1v) is 5.58. The van der Waals surface area contributed by atoms with Crippen LogP contribution in [0.5, 0.6) is 0 Å². The Morgan fingerprint density at radius 1 is 1.35 bits per heavy atom. The van der Waals surface area contributed by atoms with Crippen molar-refractivity contribution in [3.05, 3.63) is 54.6 Å². The second-order valence-corrected chi connectivity index (χ2v) is 3.86.